The first-order valence-corrected chi connectivity index (χ1v) is 6.74. The first kappa shape index (κ1) is 14.1. The Balaban J connectivity index is 2.36. The molecule has 1 aromatic carbocycles. The molecule has 104 valence electrons. The molecule has 2 heterocycles. The molecule has 21 heavy (non-hydrogen) atoms. The third kappa shape index (κ3) is 2.22. The fourth-order valence-corrected chi connectivity index (χ4v) is 2.82. The van der Waals surface area contributed by atoms with Gasteiger partial charge in [0.2, 0.25) is 0 Å². The van der Waals surface area contributed by atoms with E-state index in [0.29, 0.717) is 11.1 Å². The highest BCUT2D eigenvalue weighted by molar-refractivity contribution is 6.40. The normalized spacial score (nSPS) is 10.8. The van der Waals surface area contributed by atoms with Crippen LogP contribution in [0.4, 0.5) is 4.39 Å². The second kappa shape index (κ2) is 5.15. The predicted molar refractivity (Wildman–Crippen MR) is 78.1 cm³/mol. The lowest BCUT2D eigenvalue weighted by Gasteiger charge is -2.10. The number of rotatable bonds is 1. The van der Waals surface area contributed by atoms with Gasteiger partial charge in [0.05, 0.1) is 16.8 Å². The molecule has 3 aromatic rings. The van der Waals surface area contributed by atoms with Crippen LogP contribution in [0.1, 0.15) is 5.56 Å². The molecule has 0 saturated carbocycles. The van der Waals surface area contributed by atoms with E-state index in [0.717, 1.165) is 6.07 Å². The van der Waals surface area contributed by atoms with E-state index in [9.17, 15) is 4.39 Å². The van der Waals surface area contributed by atoms with Crippen LogP contribution in [-0.4, -0.2) is 14.6 Å². The summed E-state index contributed by atoms with van der Waals surface area (Å²) in [6.07, 6.45) is 1.33. The monoisotopic (exact) mass is 340 g/mol. The summed E-state index contributed by atoms with van der Waals surface area (Å²) in [5.41, 5.74) is 1.24. The molecular formula is C13H4Cl3FN4. The highest BCUT2D eigenvalue weighted by Crippen LogP contribution is 2.38. The van der Waals surface area contributed by atoms with Crippen molar-refractivity contribution in [3.8, 4) is 17.2 Å². The van der Waals surface area contributed by atoms with Gasteiger partial charge in [-0.3, -0.25) is 0 Å². The van der Waals surface area contributed by atoms with E-state index in [2.05, 4.69) is 10.1 Å². The molecule has 0 fully saturated rings. The van der Waals surface area contributed by atoms with Gasteiger partial charge in [-0.2, -0.15) is 10.4 Å². The number of nitrogens with zero attached hydrogens (tertiary/aromatic N) is 4. The van der Waals surface area contributed by atoms with E-state index in [1.807, 2.05) is 6.07 Å². The Labute approximate surface area is 133 Å². The second-order valence-corrected chi connectivity index (χ2v) is 5.22. The minimum Gasteiger partial charge on any atom is -0.215 e. The molecule has 0 amide bonds. The topological polar surface area (TPSA) is 54.0 Å². The lowest BCUT2D eigenvalue weighted by molar-refractivity contribution is 0.628. The molecule has 0 atom stereocenters. The van der Waals surface area contributed by atoms with Crippen molar-refractivity contribution in [2.45, 2.75) is 0 Å². The predicted octanol–water partition coefficient (Wildman–Crippen LogP) is 4.37. The van der Waals surface area contributed by atoms with Crippen molar-refractivity contribution in [2.24, 2.45) is 0 Å². The Morgan fingerprint density at radius 3 is 2.67 bits per heavy atom. The van der Waals surface area contributed by atoms with Gasteiger partial charge in [-0.15, -0.1) is 0 Å². The molecule has 0 saturated heterocycles. The Morgan fingerprint density at radius 2 is 2.00 bits per heavy atom. The maximum absolute atomic E-state index is 13.1. The summed E-state index contributed by atoms with van der Waals surface area (Å²) in [6.45, 7) is 0. The summed E-state index contributed by atoms with van der Waals surface area (Å²) in [5.74, 6) is -0.476. The highest BCUT2D eigenvalue weighted by Gasteiger charge is 2.19. The van der Waals surface area contributed by atoms with Gasteiger partial charge in [0.15, 0.2) is 5.65 Å². The zero-order chi connectivity index (χ0) is 15.1. The number of aromatic nitrogens is 3. The van der Waals surface area contributed by atoms with Crippen LogP contribution in [0.3, 0.4) is 0 Å². The average Bonchev–Trinajstić information content (AvgIpc) is 2.84. The van der Waals surface area contributed by atoms with Gasteiger partial charge < -0.3 is 0 Å². The van der Waals surface area contributed by atoms with Crippen molar-refractivity contribution in [1.29, 1.82) is 5.26 Å². The van der Waals surface area contributed by atoms with Gasteiger partial charge in [-0.1, -0.05) is 34.8 Å². The van der Waals surface area contributed by atoms with E-state index in [-0.39, 0.29) is 26.5 Å². The minimum atomic E-state index is -0.476. The van der Waals surface area contributed by atoms with Gasteiger partial charge in [0, 0.05) is 5.56 Å². The van der Waals surface area contributed by atoms with Crippen LogP contribution in [0.15, 0.2) is 24.4 Å². The van der Waals surface area contributed by atoms with Crippen LogP contribution in [0, 0.1) is 17.1 Å². The molecule has 0 unspecified atom stereocenters. The molecule has 3 rings (SSSR count). The van der Waals surface area contributed by atoms with Crippen molar-refractivity contribution < 1.29 is 4.39 Å². The SMILES string of the molecule is N#Cc1cnn2c(Cl)c(-c3ccc(F)cc3Cl)c(Cl)nc12. The number of halogens is 4. The van der Waals surface area contributed by atoms with E-state index in [4.69, 9.17) is 40.1 Å². The van der Waals surface area contributed by atoms with Gasteiger partial charge in [-0.05, 0) is 18.2 Å². The smallest absolute Gasteiger partial charge is 0.176 e. The van der Waals surface area contributed by atoms with Crippen LogP contribution in [0.2, 0.25) is 15.3 Å². The lowest BCUT2D eigenvalue weighted by Crippen LogP contribution is -1.98. The third-order valence-corrected chi connectivity index (χ3v) is 3.80. The molecule has 4 nitrogen and oxygen atoms in total. The Morgan fingerprint density at radius 1 is 1.24 bits per heavy atom. The number of nitriles is 1. The molecule has 0 aliphatic rings. The quantitative estimate of drug-likeness (QED) is 0.618. The van der Waals surface area contributed by atoms with E-state index < -0.39 is 5.82 Å². The zero-order valence-electron chi connectivity index (χ0n) is 10.1. The molecule has 0 radical (unpaired) electrons. The number of fused-ring (bicyclic) bond motifs is 1. The zero-order valence-corrected chi connectivity index (χ0v) is 12.4. The van der Waals surface area contributed by atoms with Crippen molar-refractivity contribution in [1.82, 2.24) is 14.6 Å². The second-order valence-electron chi connectivity index (χ2n) is 4.10. The Kier molecular flexibility index (Phi) is 3.46. The average molecular weight is 342 g/mol. The summed E-state index contributed by atoms with van der Waals surface area (Å²) in [4.78, 5) is 4.11. The largest absolute Gasteiger partial charge is 0.215 e. The number of hydrogen-bond acceptors (Lipinski definition) is 3. The van der Waals surface area contributed by atoms with Crippen LogP contribution in [0.5, 0.6) is 0 Å². The van der Waals surface area contributed by atoms with Crippen LogP contribution in [0.25, 0.3) is 16.8 Å². The fraction of sp³-hybridized carbons (Fsp3) is 0. The van der Waals surface area contributed by atoms with Crippen molar-refractivity contribution in [2.75, 3.05) is 0 Å². The standard InChI is InChI=1S/C13H4Cl3FN4/c14-9-3-7(17)1-2-8(9)10-11(15)20-13-6(4-18)5-19-21(13)12(10)16/h1-3,5H. The molecular weight excluding hydrogens is 338 g/mol. The first-order valence-electron chi connectivity index (χ1n) is 5.61. The van der Waals surface area contributed by atoms with E-state index in [1.54, 1.807) is 0 Å². The molecule has 8 heteroatoms. The highest BCUT2D eigenvalue weighted by atomic mass is 35.5. The summed E-state index contributed by atoms with van der Waals surface area (Å²) in [6, 6.07) is 5.78. The number of hydrogen-bond donors (Lipinski definition) is 0. The third-order valence-electron chi connectivity index (χ3n) is 2.87. The van der Waals surface area contributed by atoms with E-state index in [1.165, 1.54) is 22.8 Å². The first-order chi connectivity index (χ1) is 10.0. The molecule has 0 N–H and O–H groups in total. The Hall–Kier alpha value is -1.87. The molecule has 0 bridgehead atoms. The lowest BCUT2D eigenvalue weighted by atomic mass is 10.1. The van der Waals surface area contributed by atoms with Gasteiger partial charge >= 0.3 is 0 Å². The van der Waals surface area contributed by atoms with Crippen LogP contribution in [-0.2, 0) is 0 Å². The van der Waals surface area contributed by atoms with Gasteiger partial charge in [0.1, 0.15) is 27.8 Å². The van der Waals surface area contributed by atoms with Crippen LogP contribution >= 0.6 is 34.8 Å². The fourth-order valence-electron chi connectivity index (χ4n) is 1.93. The molecule has 0 aliphatic carbocycles. The maximum Gasteiger partial charge on any atom is 0.176 e. The summed E-state index contributed by atoms with van der Waals surface area (Å²) >= 11 is 18.4. The summed E-state index contributed by atoms with van der Waals surface area (Å²) in [5, 5.41) is 13.3. The van der Waals surface area contributed by atoms with E-state index >= 15 is 0 Å². The van der Waals surface area contributed by atoms with Crippen molar-refractivity contribution in [3.05, 3.63) is 51.1 Å². The molecule has 2 aromatic heterocycles. The number of benzene rings is 1. The Bertz CT molecular complexity index is 914. The summed E-state index contributed by atoms with van der Waals surface area (Å²) in [7, 11) is 0. The van der Waals surface area contributed by atoms with Crippen LogP contribution < -0.4 is 0 Å². The van der Waals surface area contributed by atoms with Gasteiger partial charge in [0.25, 0.3) is 0 Å². The summed E-state index contributed by atoms with van der Waals surface area (Å²) < 4.78 is 14.4. The molecule has 0 spiro atoms. The minimum absolute atomic E-state index is 0.0537. The van der Waals surface area contributed by atoms with Crippen molar-refractivity contribution >= 4 is 40.4 Å². The van der Waals surface area contributed by atoms with Crippen molar-refractivity contribution in [3.63, 3.8) is 0 Å². The van der Waals surface area contributed by atoms with Gasteiger partial charge in [-0.25, -0.2) is 13.9 Å². The molecule has 0 aliphatic heterocycles. The maximum atomic E-state index is 13.1.